The average molecular weight is 368 g/mol. The van der Waals surface area contributed by atoms with E-state index >= 15 is 0 Å². The Hall–Kier alpha value is -1.30. The number of ether oxygens (including phenoxy) is 2. The maximum absolute atomic E-state index is 6.04. The van der Waals surface area contributed by atoms with Crippen molar-refractivity contribution < 1.29 is 9.47 Å². The fraction of sp³-hybridized carbons (Fsp3) is 0.632. The molecule has 25 heavy (non-hydrogen) atoms. The average Bonchev–Trinajstić information content (AvgIpc) is 2.62. The molecule has 0 saturated carbocycles. The van der Waals surface area contributed by atoms with Gasteiger partial charge in [-0.15, -0.1) is 0 Å². The van der Waals surface area contributed by atoms with Gasteiger partial charge in [0.2, 0.25) is 0 Å². The Kier molecular flexibility index (Phi) is 9.08. The van der Waals surface area contributed by atoms with Crippen molar-refractivity contribution >= 4 is 17.6 Å². The van der Waals surface area contributed by atoms with Crippen LogP contribution in [0.3, 0.4) is 0 Å². The van der Waals surface area contributed by atoms with Gasteiger partial charge in [-0.2, -0.15) is 0 Å². The predicted molar refractivity (Wildman–Crippen MR) is 103 cm³/mol. The molecule has 1 fully saturated rings. The van der Waals surface area contributed by atoms with Crippen molar-refractivity contribution in [1.29, 1.82) is 0 Å². The van der Waals surface area contributed by atoms with Gasteiger partial charge in [-0.1, -0.05) is 23.7 Å². The van der Waals surface area contributed by atoms with Crippen molar-refractivity contribution in [3.8, 4) is 0 Å². The fourth-order valence-electron chi connectivity index (χ4n) is 2.91. The van der Waals surface area contributed by atoms with E-state index in [1.807, 2.05) is 25.2 Å². The third-order valence-corrected chi connectivity index (χ3v) is 4.56. The van der Waals surface area contributed by atoms with Crippen molar-refractivity contribution in [2.45, 2.75) is 25.8 Å². The minimum Gasteiger partial charge on any atom is -0.381 e. The lowest BCUT2D eigenvalue weighted by molar-refractivity contribution is 0.0203. The summed E-state index contributed by atoms with van der Waals surface area (Å²) in [7, 11) is 3.83. The maximum atomic E-state index is 6.04. The number of hydrogen-bond acceptors (Lipinski definition) is 3. The summed E-state index contributed by atoms with van der Waals surface area (Å²) in [6.07, 6.45) is 3.21. The molecule has 6 heteroatoms. The molecular weight excluding hydrogens is 338 g/mol. The number of benzene rings is 1. The molecule has 0 unspecified atom stereocenters. The molecule has 1 saturated heterocycles. The number of nitrogens with zero attached hydrogens (tertiary/aromatic N) is 2. The fourth-order valence-corrected chi connectivity index (χ4v) is 3.12. The summed E-state index contributed by atoms with van der Waals surface area (Å²) in [6, 6.07) is 7.91. The summed E-state index contributed by atoms with van der Waals surface area (Å²) in [4.78, 5) is 6.43. The Bertz CT molecular complexity index is 533. The highest BCUT2D eigenvalue weighted by molar-refractivity contribution is 6.30. The van der Waals surface area contributed by atoms with Crippen LogP contribution in [-0.4, -0.2) is 57.9 Å². The largest absolute Gasteiger partial charge is 0.381 e. The first-order valence-corrected chi connectivity index (χ1v) is 9.38. The highest BCUT2D eigenvalue weighted by atomic mass is 35.5. The smallest absolute Gasteiger partial charge is 0.193 e. The molecule has 2 rings (SSSR count). The van der Waals surface area contributed by atoms with Crippen LogP contribution in [-0.2, 0) is 16.0 Å². The second-order valence-corrected chi connectivity index (χ2v) is 6.88. The molecule has 0 spiro atoms. The van der Waals surface area contributed by atoms with E-state index in [1.165, 1.54) is 0 Å². The van der Waals surface area contributed by atoms with Crippen LogP contribution in [0.15, 0.2) is 29.3 Å². The second kappa shape index (κ2) is 11.3. The molecule has 0 radical (unpaired) electrons. The molecule has 140 valence electrons. The lowest BCUT2D eigenvalue weighted by Gasteiger charge is -2.23. The first-order valence-electron chi connectivity index (χ1n) is 9.00. The van der Waals surface area contributed by atoms with Gasteiger partial charge >= 0.3 is 0 Å². The van der Waals surface area contributed by atoms with Gasteiger partial charge < -0.3 is 19.7 Å². The summed E-state index contributed by atoms with van der Waals surface area (Å²) in [5.41, 5.74) is 1.16. The lowest BCUT2D eigenvalue weighted by Crippen LogP contribution is -2.39. The van der Waals surface area contributed by atoms with Crippen LogP contribution in [0, 0.1) is 5.92 Å². The normalized spacial score (nSPS) is 16.0. The first-order chi connectivity index (χ1) is 12.2. The third-order valence-electron chi connectivity index (χ3n) is 4.33. The molecule has 0 aromatic heterocycles. The molecular formula is C19H30ClN3O2. The number of rotatable bonds is 8. The molecule has 1 aliphatic heterocycles. The molecule has 1 N–H and O–H groups in total. The summed E-state index contributed by atoms with van der Waals surface area (Å²) < 4.78 is 11.2. The second-order valence-electron chi connectivity index (χ2n) is 6.44. The molecule has 0 aliphatic carbocycles. The zero-order chi connectivity index (χ0) is 17.9. The van der Waals surface area contributed by atoms with Gasteiger partial charge in [0.1, 0.15) is 0 Å². The molecule has 1 aromatic carbocycles. The van der Waals surface area contributed by atoms with Crippen LogP contribution in [0.5, 0.6) is 0 Å². The minimum atomic E-state index is 0.665. The monoisotopic (exact) mass is 367 g/mol. The summed E-state index contributed by atoms with van der Waals surface area (Å²) in [5.74, 6) is 1.54. The van der Waals surface area contributed by atoms with E-state index in [-0.39, 0.29) is 0 Å². The third kappa shape index (κ3) is 7.63. The molecule has 1 aromatic rings. The van der Waals surface area contributed by atoms with E-state index in [0.29, 0.717) is 5.92 Å². The van der Waals surface area contributed by atoms with Gasteiger partial charge in [0.05, 0.1) is 0 Å². The van der Waals surface area contributed by atoms with Gasteiger partial charge in [0, 0.05) is 58.6 Å². The van der Waals surface area contributed by atoms with Crippen molar-refractivity contribution in [2.75, 3.05) is 47.1 Å². The maximum Gasteiger partial charge on any atom is 0.193 e. The summed E-state index contributed by atoms with van der Waals surface area (Å²) in [5, 5.41) is 4.15. The van der Waals surface area contributed by atoms with Crippen LogP contribution in [0.1, 0.15) is 24.8 Å². The van der Waals surface area contributed by atoms with Crippen LogP contribution >= 0.6 is 11.6 Å². The highest BCUT2D eigenvalue weighted by Gasteiger charge is 2.13. The predicted octanol–water partition coefficient (Wildman–Crippen LogP) is 3.18. The Labute approximate surface area is 156 Å². The van der Waals surface area contributed by atoms with Crippen molar-refractivity contribution in [1.82, 2.24) is 10.2 Å². The Morgan fingerprint density at radius 2 is 2.20 bits per heavy atom. The van der Waals surface area contributed by atoms with Gasteiger partial charge in [-0.05, 0) is 42.9 Å². The zero-order valence-corrected chi connectivity index (χ0v) is 16.1. The molecule has 5 nitrogen and oxygen atoms in total. The van der Waals surface area contributed by atoms with E-state index in [2.05, 4.69) is 21.3 Å². The number of guanidine groups is 1. The van der Waals surface area contributed by atoms with Crippen molar-refractivity contribution in [3.05, 3.63) is 34.9 Å². The van der Waals surface area contributed by atoms with Crippen molar-refractivity contribution in [3.63, 3.8) is 0 Å². The Balaban J connectivity index is 1.60. The van der Waals surface area contributed by atoms with Gasteiger partial charge in [-0.25, -0.2) is 0 Å². The minimum absolute atomic E-state index is 0.665. The highest BCUT2D eigenvalue weighted by Crippen LogP contribution is 2.14. The number of nitrogens with one attached hydrogen (secondary N) is 1. The lowest BCUT2D eigenvalue weighted by atomic mass is 10.0. The first kappa shape index (κ1) is 20.0. The van der Waals surface area contributed by atoms with E-state index in [0.717, 1.165) is 75.3 Å². The quantitative estimate of drug-likeness (QED) is 0.435. The van der Waals surface area contributed by atoms with E-state index in [1.54, 1.807) is 7.05 Å². The molecule has 1 aliphatic rings. The SMILES string of the molecule is CN=C(NCCCOCC1CCOCC1)N(C)Cc1cccc(Cl)c1. The molecule has 1 heterocycles. The van der Waals surface area contributed by atoms with E-state index in [9.17, 15) is 0 Å². The van der Waals surface area contributed by atoms with Crippen LogP contribution in [0.2, 0.25) is 5.02 Å². The van der Waals surface area contributed by atoms with Crippen LogP contribution in [0.4, 0.5) is 0 Å². The van der Waals surface area contributed by atoms with Gasteiger partial charge in [-0.3, -0.25) is 4.99 Å². The summed E-state index contributed by atoms with van der Waals surface area (Å²) >= 11 is 6.04. The summed E-state index contributed by atoms with van der Waals surface area (Å²) in [6.45, 7) is 5.00. The van der Waals surface area contributed by atoms with E-state index < -0.39 is 0 Å². The van der Waals surface area contributed by atoms with Crippen LogP contribution < -0.4 is 5.32 Å². The molecule has 0 amide bonds. The van der Waals surface area contributed by atoms with Gasteiger partial charge in [0.25, 0.3) is 0 Å². The molecule has 0 atom stereocenters. The number of halogens is 1. The topological polar surface area (TPSA) is 46.1 Å². The Morgan fingerprint density at radius 1 is 1.40 bits per heavy atom. The van der Waals surface area contributed by atoms with Crippen LogP contribution in [0.25, 0.3) is 0 Å². The van der Waals surface area contributed by atoms with Gasteiger partial charge in [0.15, 0.2) is 5.96 Å². The van der Waals surface area contributed by atoms with Crippen molar-refractivity contribution in [2.24, 2.45) is 10.9 Å². The number of hydrogen-bond donors (Lipinski definition) is 1. The molecule has 0 bridgehead atoms. The number of aliphatic imine (C=N–C) groups is 1. The Morgan fingerprint density at radius 3 is 2.92 bits per heavy atom. The zero-order valence-electron chi connectivity index (χ0n) is 15.3. The van der Waals surface area contributed by atoms with E-state index in [4.69, 9.17) is 21.1 Å². The standard InChI is InChI=1S/C19H30ClN3O2/c1-21-19(23(2)14-17-5-3-6-18(20)13-17)22-9-4-10-25-15-16-7-11-24-12-8-16/h3,5-6,13,16H,4,7-12,14-15H2,1-2H3,(H,21,22).